The first-order valence-electron chi connectivity index (χ1n) is 15.5. The number of hydrogen-bond acceptors (Lipinski definition) is 4. The molecule has 0 atom stereocenters. The Hall–Kier alpha value is -2.04. The molecule has 2 fully saturated rings. The first-order chi connectivity index (χ1) is 18.5. The number of hydrogen-bond donors (Lipinski definition) is 2. The molecule has 222 valence electrons. The molecule has 4 nitrogen and oxygen atoms in total. The highest BCUT2D eigenvalue weighted by molar-refractivity contribution is 5.30. The second-order valence-corrected chi connectivity index (χ2v) is 16.1. The summed E-state index contributed by atoms with van der Waals surface area (Å²) < 4.78 is 12.5. The SMILES string of the molecule is CC(C)(C)Cc1ccc(OC2CC(NC(C)(C)C(C)(C)Cc3ccc(OC4CC(NC(C)(C)C)C4)cc3)C2)cc1. The van der Waals surface area contributed by atoms with Gasteiger partial charge in [0.05, 0.1) is 0 Å². The molecule has 0 saturated heterocycles. The average Bonchev–Trinajstić information content (AvgIpc) is 2.76. The summed E-state index contributed by atoms with van der Waals surface area (Å²) in [6.45, 7) is 23.0. The summed E-state index contributed by atoms with van der Waals surface area (Å²) >= 11 is 0. The van der Waals surface area contributed by atoms with E-state index in [4.69, 9.17) is 9.47 Å². The Morgan fingerprint density at radius 2 is 0.975 bits per heavy atom. The largest absolute Gasteiger partial charge is 0.490 e. The van der Waals surface area contributed by atoms with Gasteiger partial charge in [-0.15, -0.1) is 0 Å². The van der Waals surface area contributed by atoms with E-state index in [9.17, 15) is 0 Å². The van der Waals surface area contributed by atoms with Gasteiger partial charge < -0.3 is 20.1 Å². The van der Waals surface area contributed by atoms with Crippen molar-refractivity contribution in [3.8, 4) is 11.5 Å². The molecule has 2 saturated carbocycles. The summed E-state index contributed by atoms with van der Waals surface area (Å²) in [7, 11) is 0. The molecule has 0 heterocycles. The van der Waals surface area contributed by atoms with Crippen LogP contribution in [0.5, 0.6) is 11.5 Å². The standard InChI is InChI=1S/C36H56N2O2/c1-33(2,3)23-25-11-15-29(16-12-25)40-32-21-28(22-32)38-36(9,10)35(7,8)24-26-13-17-30(18-14-26)39-31-19-27(20-31)37-34(4,5)6/h11-18,27-28,31-32,37-38H,19-24H2,1-10H3. The average molecular weight is 549 g/mol. The minimum Gasteiger partial charge on any atom is -0.490 e. The van der Waals surface area contributed by atoms with Crippen LogP contribution in [0.1, 0.15) is 106 Å². The molecule has 2 aromatic rings. The van der Waals surface area contributed by atoms with Crippen LogP contribution < -0.4 is 20.1 Å². The van der Waals surface area contributed by atoms with E-state index in [2.05, 4.69) is 128 Å². The van der Waals surface area contributed by atoms with Crippen LogP contribution in [0.25, 0.3) is 0 Å². The second kappa shape index (κ2) is 11.7. The van der Waals surface area contributed by atoms with Crippen LogP contribution in [0.15, 0.2) is 48.5 Å². The third-order valence-corrected chi connectivity index (χ3v) is 8.92. The second-order valence-electron chi connectivity index (χ2n) is 16.1. The Morgan fingerprint density at radius 1 is 0.575 bits per heavy atom. The molecule has 2 aliphatic carbocycles. The molecule has 4 rings (SSSR count). The van der Waals surface area contributed by atoms with Crippen LogP contribution in [-0.4, -0.2) is 35.4 Å². The fraction of sp³-hybridized carbons (Fsp3) is 0.667. The Balaban J connectivity index is 1.20. The third kappa shape index (κ3) is 8.73. The smallest absolute Gasteiger partial charge is 0.119 e. The van der Waals surface area contributed by atoms with E-state index in [1.807, 2.05) is 0 Å². The van der Waals surface area contributed by atoms with Gasteiger partial charge in [-0.2, -0.15) is 0 Å². The molecule has 4 heteroatoms. The Kier molecular flexibility index (Phi) is 9.03. The molecule has 2 aromatic carbocycles. The van der Waals surface area contributed by atoms with Crippen molar-refractivity contribution in [1.82, 2.24) is 10.6 Å². The molecular formula is C36H56N2O2. The van der Waals surface area contributed by atoms with E-state index in [1.54, 1.807) is 0 Å². The first-order valence-corrected chi connectivity index (χ1v) is 15.5. The van der Waals surface area contributed by atoms with Crippen LogP contribution in [0.3, 0.4) is 0 Å². The van der Waals surface area contributed by atoms with Gasteiger partial charge in [0, 0.05) is 23.2 Å². The maximum Gasteiger partial charge on any atom is 0.119 e. The van der Waals surface area contributed by atoms with Gasteiger partial charge in [-0.1, -0.05) is 58.9 Å². The predicted octanol–water partition coefficient (Wildman–Crippen LogP) is 8.12. The Labute approximate surface area is 245 Å². The number of benzene rings is 2. The van der Waals surface area contributed by atoms with Gasteiger partial charge in [-0.3, -0.25) is 0 Å². The lowest BCUT2D eigenvalue weighted by atomic mass is 9.69. The van der Waals surface area contributed by atoms with E-state index in [0.29, 0.717) is 29.7 Å². The normalized spacial score (nSPS) is 23.8. The number of ether oxygens (including phenoxy) is 2. The number of nitrogens with one attached hydrogen (secondary N) is 2. The Morgan fingerprint density at radius 3 is 1.38 bits per heavy atom. The molecule has 0 aromatic heterocycles. The highest BCUT2D eigenvalue weighted by Gasteiger charge is 2.42. The van der Waals surface area contributed by atoms with Crippen molar-refractivity contribution >= 4 is 0 Å². The summed E-state index contributed by atoms with van der Waals surface area (Å²) in [5, 5.41) is 7.64. The minimum absolute atomic E-state index is 0.00654. The maximum absolute atomic E-state index is 6.28. The van der Waals surface area contributed by atoms with Crippen LogP contribution in [0, 0.1) is 10.8 Å². The summed E-state index contributed by atoms with van der Waals surface area (Å²) in [4.78, 5) is 0. The van der Waals surface area contributed by atoms with Crippen molar-refractivity contribution in [2.75, 3.05) is 0 Å². The summed E-state index contributed by atoms with van der Waals surface area (Å²) in [5.41, 5.74) is 3.28. The zero-order valence-electron chi connectivity index (χ0n) is 27.0. The summed E-state index contributed by atoms with van der Waals surface area (Å²) in [6.07, 6.45) is 7.02. The lowest BCUT2D eigenvalue weighted by Crippen LogP contribution is -2.60. The molecular weight excluding hydrogens is 492 g/mol. The van der Waals surface area contributed by atoms with Gasteiger partial charge in [-0.05, 0) is 119 Å². The van der Waals surface area contributed by atoms with E-state index < -0.39 is 0 Å². The molecule has 40 heavy (non-hydrogen) atoms. The quantitative estimate of drug-likeness (QED) is 0.298. The van der Waals surface area contributed by atoms with Crippen molar-refractivity contribution < 1.29 is 9.47 Å². The fourth-order valence-corrected chi connectivity index (χ4v) is 5.98. The maximum atomic E-state index is 6.28. The molecule has 0 bridgehead atoms. The van der Waals surface area contributed by atoms with Crippen molar-refractivity contribution in [3.63, 3.8) is 0 Å². The van der Waals surface area contributed by atoms with Gasteiger partial charge in [-0.25, -0.2) is 0 Å². The van der Waals surface area contributed by atoms with Gasteiger partial charge in [0.2, 0.25) is 0 Å². The monoisotopic (exact) mass is 548 g/mol. The van der Waals surface area contributed by atoms with Crippen molar-refractivity contribution in [1.29, 1.82) is 0 Å². The summed E-state index contributed by atoms with van der Waals surface area (Å²) in [6, 6.07) is 18.6. The highest BCUT2D eigenvalue weighted by Crippen LogP contribution is 2.38. The fourth-order valence-electron chi connectivity index (χ4n) is 5.98. The van der Waals surface area contributed by atoms with Crippen molar-refractivity contribution in [2.24, 2.45) is 10.8 Å². The zero-order valence-corrected chi connectivity index (χ0v) is 27.0. The highest BCUT2D eigenvalue weighted by atomic mass is 16.5. The van der Waals surface area contributed by atoms with Crippen molar-refractivity contribution in [2.45, 2.75) is 143 Å². The van der Waals surface area contributed by atoms with E-state index >= 15 is 0 Å². The van der Waals surface area contributed by atoms with Crippen LogP contribution in [-0.2, 0) is 12.8 Å². The molecule has 2 aliphatic rings. The topological polar surface area (TPSA) is 42.5 Å². The van der Waals surface area contributed by atoms with Gasteiger partial charge in [0.25, 0.3) is 0 Å². The van der Waals surface area contributed by atoms with Crippen LogP contribution in [0.4, 0.5) is 0 Å². The molecule has 0 aliphatic heterocycles. The zero-order chi connectivity index (χ0) is 29.3. The van der Waals surface area contributed by atoms with Gasteiger partial charge in [0.15, 0.2) is 0 Å². The lowest BCUT2D eigenvalue weighted by Gasteiger charge is -2.48. The molecule has 0 spiro atoms. The molecule has 0 unspecified atom stereocenters. The van der Waals surface area contributed by atoms with E-state index in [1.165, 1.54) is 11.1 Å². The van der Waals surface area contributed by atoms with Gasteiger partial charge in [0.1, 0.15) is 23.7 Å². The lowest BCUT2D eigenvalue weighted by molar-refractivity contribution is 0.0449. The van der Waals surface area contributed by atoms with E-state index in [-0.39, 0.29) is 16.5 Å². The summed E-state index contributed by atoms with van der Waals surface area (Å²) in [5.74, 6) is 1.98. The minimum atomic E-state index is -0.00654. The van der Waals surface area contributed by atoms with Gasteiger partial charge >= 0.3 is 0 Å². The Bertz CT molecular complexity index is 1080. The van der Waals surface area contributed by atoms with Crippen LogP contribution in [0.2, 0.25) is 0 Å². The van der Waals surface area contributed by atoms with Crippen LogP contribution >= 0.6 is 0 Å². The molecule has 2 N–H and O–H groups in total. The van der Waals surface area contributed by atoms with Crippen molar-refractivity contribution in [3.05, 3.63) is 59.7 Å². The molecule has 0 radical (unpaired) electrons. The third-order valence-electron chi connectivity index (χ3n) is 8.92. The van der Waals surface area contributed by atoms with E-state index in [0.717, 1.165) is 50.0 Å². The first kappa shape index (κ1) is 30.9. The predicted molar refractivity (Wildman–Crippen MR) is 169 cm³/mol. The number of rotatable bonds is 11. The molecule has 0 amide bonds.